The summed E-state index contributed by atoms with van der Waals surface area (Å²) in [6, 6.07) is 6.07. The number of likely N-dealkylation sites (tertiary alicyclic amines) is 1. The van der Waals surface area contributed by atoms with E-state index >= 15 is 0 Å². The van der Waals surface area contributed by atoms with Gasteiger partial charge in [0, 0.05) is 61.8 Å². The summed E-state index contributed by atoms with van der Waals surface area (Å²) in [5.41, 5.74) is 6.26. The van der Waals surface area contributed by atoms with Crippen LogP contribution in [0.3, 0.4) is 0 Å². The molecule has 2 N–H and O–H groups in total. The Balaban J connectivity index is 1.08. The highest BCUT2D eigenvalue weighted by Crippen LogP contribution is 2.35. The highest BCUT2D eigenvalue weighted by molar-refractivity contribution is 6.05. The summed E-state index contributed by atoms with van der Waals surface area (Å²) < 4.78 is 7.51. The predicted octanol–water partition coefficient (Wildman–Crippen LogP) is 5.58. The highest BCUT2D eigenvalue weighted by Gasteiger charge is 2.32. The molecule has 13 heteroatoms. The second-order valence-electron chi connectivity index (χ2n) is 12.2. The number of H-pyrrole nitrogens is 1. The van der Waals surface area contributed by atoms with Gasteiger partial charge < -0.3 is 19.9 Å². The van der Waals surface area contributed by atoms with Crippen LogP contribution in [0.4, 0.5) is 27.9 Å². The molecule has 7 rings (SSSR count). The molecule has 2 aliphatic heterocycles. The van der Waals surface area contributed by atoms with Gasteiger partial charge in [0.1, 0.15) is 17.4 Å². The number of imidazole rings is 1. The standard InChI is InChI=1S/C34H38N10O3/c1-21-9-10-23(31-35-18-28(39-31)27-7-5-6-8-30(27)47-4)15-29(21)43-19-24-16-36-33(40-32(24)41(3)34(43)46)38-25-17-37-44(20-25)26-11-13-42(14-12-26)22(2)45/h6,8-10,15-18,20,26H,5,7,11-14,19H2,1-4H3,(H,35,39)(H,36,38,40). The van der Waals surface area contributed by atoms with E-state index in [4.69, 9.17) is 9.72 Å². The van der Waals surface area contributed by atoms with Gasteiger partial charge in [-0.25, -0.2) is 14.8 Å². The molecule has 0 radical (unpaired) electrons. The largest absolute Gasteiger partial charge is 0.496 e. The number of anilines is 4. The molecule has 3 aromatic heterocycles. The van der Waals surface area contributed by atoms with E-state index in [9.17, 15) is 9.59 Å². The van der Waals surface area contributed by atoms with Crippen LogP contribution >= 0.6 is 0 Å². The van der Waals surface area contributed by atoms with Crippen LogP contribution in [-0.4, -0.2) is 73.8 Å². The van der Waals surface area contributed by atoms with Crippen LogP contribution in [0, 0.1) is 6.92 Å². The first kappa shape index (κ1) is 30.2. The molecule has 0 atom stereocenters. The number of amides is 3. The fourth-order valence-electron chi connectivity index (χ4n) is 6.50. The van der Waals surface area contributed by atoms with Crippen molar-refractivity contribution in [3.63, 3.8) is 0 Å². The number of rotatable bonds is 7. The third-order valence-electron chi connectivity index (χ3n) is 9.17. The number of aromatic amines is 1. The van der Waals surface area contributed by atoms with Crippen LogP contribution in [0.1, 0.15) is 55.5 Å². The lowest BCUT2D eigenvalue weighted by atomic mass is 10.0. The van der Waals surface area contributed by atoms with Crippen molar-refractivity contribution in [3.8, 4) is 11.4 Å². The van der Waals surface area contributed by atoms with E-state index in [-0.39, 0.29) is 18.0 Å². The average Bonchev–Trinajstić information content (AvgIpc) is 3.78. The predicted molar refractivity (Wildman–Crippen MR) is 179 cm³/mol. The Bertz CT molecular complexity index is 1900. The number of allylic oxidation sites excluding steroid dienone is 3. The van der Waals surface area contributed by atoms with Gasteiger partial charge in [0.05, 0.1) is 43.5 Å². The first-order chi connectivity index (χ1) is 22.8. The zero-order chi connectivity index (χ0) is 32.7. The molecule has 3 amide bonds. The lowest BCUT2D eigenvalue weighted by Crippen LogP contribution is -2.46. The molecular weight excluding hydrogens is 596 g/mol. The van der Waals surface area contributed by atoms with Crippen molar-refractivity contribution in [1.29, 1.82) is 0 Å². The molecule has 242 valence electrons. The number of nitrogens with zero attached hydrogens (tertiary/aromatic N) is 8. The third-order valence-corrected chi connectivity index (χ3v) is 9.17. The van der Waals surface area contributed by atoms with E-state index in [2.05, 4.69) is 31.4 Å². The molecule has 3 aliphatic rings. The number of fused-ring (bicyclic) bond motifs is 1. The van der Waals surface area contributed by atoms with Crippen molar-refractivity contribution in [2.24, 2.45) is 0 Å². The van der Waals surface area contributed by atoms with Crippen molar-refractivity contribution in [2.45, 2.75) is 52.1 Å². The van der Waals surface area contributed by atoms with Crippen LogP contribution in [0.5, 0.6) is 0 Å². The molecule has 13 nitrogen and oxygen atoms in total. The Morgan fingerprint density at radius 3 is 2.74 bits per heavy atom. The van der Waals surface area contributed by atoms with E-state index < -0.39 is 0 Å². The summed E-state index contributed by atoms with van der Waals surface area (Å²) >= 11 is 0. The number of nitrogens with one attached hydrogen (secondary N) is 2. The van der Waals surface area contributed by atoms with Gasteiger partial charge in [-0.3, -0.25) is 19.3 Å². The summed E-state index contributed by atoms with van der Waals surface area (Å²) in [5, 5.41) is 7.78. The molecule has 5 heterocycles. The molecule has 0 bridgehead atoms. The number of hydrogen-bond acceptors (Lipinski definition) is 8. The SMILES string of the molecule is COC1=C(c2cnc(-c3ccc(C)c(N4Cc5cnc(Nc6cnn(C7CCN(C(C)=O)CC7)c6)nc5N(C)C4=O)c3)[nH]2)CCC=C1. The van der Waals surface area contributed by atoms with E-state index in [1.54, 1.807) is 43.3 Å². The molecule has 4 aromatic rings. The molecule has 1 aliphatic carbocycles. The van der Waals surface area contributed by atoms with Gasteiger partial charge in [0.25, 0.3) is 0 Å². The molecule has 1 aromatic carbocycles. The van der Waals surface area contributed by atoms with Crippen LogP contribution in [0.25, 0.3) is 17.0 Å². The number of benzene rings is 1. The monoisotopic (exact) mass is 634 g/mol. The Labute approximate surface area is 273 Å². The van der Waals surface area contributed by atoms with Gasteiger partial charge in [-0.05, 0) is 50.3 Å². The molecule has 1 fully saturated rings. The van der Waals surface area contributed by atoms with Crippen LogP contribution in [0.15, 0.2) is 60.9 Å². The fourth-order valence-corrected chi connectivity index (χ4v) is 6.50. The van der Waals surface area contributed by atoms with E-state index in [0.717, 1.165) is 89.7 Å². The van der Waals surface area contributed by atoms with E-state index in [1.165, 1.54) is 0 Å². The number of hydrogen-bond donors (Lipinski definition) is 2. The number of methoxy groups -OCH3 is 1. The second-order valence-corrected chi connectivity index (χ2v) is 12.2. The van der Waals surface area contributed by atoms with Crippen molar-refractivity contribution >= 4 is 40.7 Å². The van der Waals surface area contributed by atoms with Crippen LogP contribution in [-0.2, 0) is 16.1 Å². The Hall–Kier alpha value is -5.46. The zero-order valence-corrected chi connectivity index (χ0v) is 27.0. The van der Waals surface area contributed by atoms with Crippen LogP contribution in [0.2, 0.25) is 0 Å². The maximum atomic E-state index is 13.8. The average molecular weight is 635 g/mol. The molecular formula is C34H38N10O3. The number of aryl methyl sites for hydroxylation is 1. The molecule has 0 spiro atoms. The lowest BCUT2D eigenvalue weighted by molar-refractivity contribution is -0.130. The van der Waals surface area contributed by atoms with Crippen molar-refractivity contribution in [2.75, 3.05) is 42.4 Å². The molecule has 0 saturated carbocycles. The van der Waals surface area contributed by atoms with Crippen molar-refractivity contribution < 1.29 is 14.3 Å². The fraction of sp³-hybridized carbons (Fsp3) is 0.353. The van der Waals surface area contributed by atoms with E-state index in [0.29, 0.717) is 18.3 Å². The maximum Gasteiger partial charge on any atom is 0.330 e. The van der Waals surface area contributed by atoms with Crippen LogP contribution < -0.4 is 15.1 Å². The number of carbonyl (C=O) groups is 2. The van der Waals surface area contributed by atoms with Crippen molar-refractivity contribution in [1.82, 2.24) is 34.6 Å². The van der Waals surface area contributed by atoms with E-state index in [1.807, 2.05) is 53.2 Å². The normalized spacial score (nSPS) is 16.9. The first-order valence-corrected chi connectivity index (χ1v) is 15.9. The summed E-state index contributed by atoms with van der Waals surface area (Å²) in [6.45, 7) is 5.40. The summed E-state index contributed by atoms with van der Waals surface area (Å²) in [4.78, 5) is 48.0. The Morgan fingerprint density at radius 2 is 1.96 bits per heavy atom. The minimum Gasteiger partial charge on any atom is -0.496 e. The van der Waals surface area contributed by atoms with Gasteiger partial charge in [-0.1, -0.05) is 18.2 Å². The first-order valence-electron chi connectivity index (χ1n) is 15.9. The summed E-state index contributed by atoms with van der Waals surface area (Å²) in [6.07, 6.45) is 14.9. The topological polar surface area (TPSA) is 137 Å². The molecule has 0 unspecified atom stereocenters. The van der Waals surface area contributed by atoms with Crippen molar-refractivity contribution in [3.05, 3.63) is 77.7 Å². The molecule has 47 heavy (non-hydrogen) atoms. The minimum absolute atomic E-state index is 0.112. The third kappa shape index (κ3) is 5.84. The number of urea groups is 1. The zero-order valence-electron chi connectivity index (χ0n) is 27.0. The number of ether oxygens (including phenoxy) is 1. The number of piperidine rings is 1. The number of aromatic nitrogens is 6. The van der Waals surface area contributed by atoms with Gasteiger partial charge in [0.15, 0.2) is 0 Å². The summed E-state index contributed by atoms with van der Waals surface area (Å²) in [7, 11) is 3.41. The Kier molecular flexibility index (Phi) is 7.96. The highest BCUT2D eigenvalue weighted by atomic mass is 16.5. The maximum absolute atomic E-state index is 13.8. The minimum atomic E-state index is -0.184. The lowest BCUT2D eigenvalue weighted by Gasteiger charge is -2.35. The molecule has 1 saturated heterocycles. The van der Waals surface area contributed by atoms with Gasteiger partial charge in [-0.2, -0.15) is 10.1 Å². The number of carbonyl (C=O) groups excluding carboxylic acids is 2. The van der Waals surface area contributed by atoms with Gasteiger partial charge in [0.2, 0.25) is 11.9 Å². The van der Waals surface area contributed by atoms with Gasteiger partial charge >= 0.3 is 6.03 Å². The smallest absolute Gasteiger partial charge is 0.330 e. The second kappa shape index (κ2) is 12.4. The summed E-state index contributed by atoms with van der Waals surface area (Å²) in [5.74, 6) is 2.62. The Morgan fingerprint density at radius 1 is 1.13 bits per heavy atom. The quantitative estimate of drug-likeness (QED) is 0.269. The van der Waals surface area contributed by atoms with Gasteiger partial charge in [-0.15, -0.1) is 0 Å².